The minimum Gasteiger partial charge on any atom is -0.307 e. The smallest absolute Gasteiger partial charge is 0.256 e. The normalized spacial score (nSPS) is 11.2. The van der Waals surface area contributed by atoms with Gasteiger partial charge in [-0.15, -0.1) is 11.3 Å². The summed E-state index contributed by atoms with van der Waals surface area (Å²) < 4.78 is 29.0. The van der Waals surface area contributed by atoms with Crippen molar-refractivity contribution in [3.05, 3.63) is 64.0 Å². The molecule has 0 fully saturated rings. The quantitative estimate of drug-likeness (QED) is 0.527. The number of thiophene rings is 1. The van der Waals surface area contributed by atoms with Crippen LogP contribution in [0.15, 0.2) is 52.7 Å². The Morgan fingerprint density at radius 2 is 2.03 bits per heavy atom. The van der Waals surface area contributed by atoms with Crippen molar-refractivity contribution in [2.75, 3.05) is 11.9 Å². The Kier molecular flexibility index (Phi) is 6.99. The van der Waals surface area contributed by atoms with E-state index in [1.165, 1.54) is 24.3 Å². The number of sulfonamides is 1. The molecule has 2 heterocycles. The zero-order chi connectivity index (χ0) is 21.6. The molecule has 156 valence electrons. The molecule has 1 amide bonds. The van der Waals surface area contributed by atoms with Gasteiger partial charge in [-0.3, -0.25) is 4.79 Å². The fraction of sp³-hybridized carbons (Fsp3) is 0.250. The number of rotatable bonds is 9. The zero-order valence-corrected chi connectivity index (χ0v) is 18.0. The number of benzene rings is 1. The van der Waals surface area contributed by atoms with Crippen LogP contribution in [0.25, 0.3) is 0 Å². The van der Waals surface area contributed by atoms with Crippen LogP contribution in [0, 0.1) is 18.3 Å². The first-order chi connectivity index (χ1) is 14.4. The number of carbonyl (C=O) groups is 1. The van der Waals surface area contributed by atoms with Crippen molar-refractivity contribution in [2.24, 2.45) is 0 Å². The molecule has 3 rings (SSSR count). The first-order valence-corrected chi connectivity index (χ1v) is 11.6. The third-order valence-electron chi connectivity index (χ3n) is 4.25. The molecule has 0 saturated carbocycles. The van der Waals surface area contributed by atoms with E-state index in [4.69, 9.17) is 5.26 Å². The second kappa shape index (κ2) is 9.67. The molecule has 2 aromatic heterocycles. The highest BCUT2D eigenvalue weighted by Crippen LogP contribution is 2.15. The van der Waals surface area contributed by atoms with Crippen LogP contribution in [0.1, 0.15) is 27.3 Å². The van der Waals surface area contributed by atoms with Gasteiger partial charge in [-0.25, -0.2) is 17.8 Å². The molecule has 0 aliphatic carbocycles. The van der Waals surface area contributed by atoms with E-state index in [-0.39, 0.29) is 17.2 Å². The maximum Gasteiger partial charge on any atom is 0.256 e. The molecular weight excluding hydrogens is 422 g/mol. The summed E-state index contributed by atoms with van der Waals surface area (Å²) in [7, 11) is -3.65. The SMILES string of the molecule is Cc1cc(NC(=O)c2ccc(S(=O)(=O)NCCc3cccs3)cc2)n(CCC#N)n1. The summed E-state index contributed by atoms with van der Waals surface area (Å²) in [5.41, 5.74) is 1.04. The van der Waals surface area contributed by atoms with Crippen molar-refractivity contribution in [1.29, 1.82) is 5.26 Å². The molecule has 0 aliphatic rings. The summed E-state index contributed by atoms with van der Waals surface area (Å²) in [5, 5.41) is 17.7. The molecule has 0 spiro atoms. The van der Waals surface area contributed by atoms with Crippen LogP contribution in [0.5, 0.6) is 0 Å². The van der Waals surface area contributed by atoms with Gasteiger partial charge in [0.15, 0.2) is 0 Å². The molecule has 8 nitrogen and oxygen atoms in total. The van der Waals surface area contributed by atoms with E-state index in [1.807, 2.05) is 23.6 Å². The number of carbonyl (C=O) groups excluding carboxylic acids is 1. The topological polar surface area (TPSA) is 117 Å². The van der Waals surface area contributed by atoms with Gasteiger partial charge >= 0.3 is 0 Å². The van der Waals surface area contributed by atoms with E-state index < -0.39 is 10.0 Å². The zero-order valence-electron chi connectivity index (χ0n) is 16.3. The lowest BCUT2D eigenvalue weighted by Gasteiger charge is -2.09. The highest BCUT2D eigenvalue weighted by Gasteiger charge is 2.16. The van der Waals surface area contributed by atoms with Gasteiger partial charge in [0.25, 0.3) is 5.91 Å². The van der Waals surface area contributed by atoms with E-state index in [9.17, 15) is 13.2 Å². The predicted octanol–water partition coefficient (Wildman–Crippen LogP) is 2.94. The molecule has 30 heavy (non-hydrogen) atoms. The molecule has 0 bridgehead atoms. The third-order valence-corrected chi connectivity index (χ3v) is 6.66. The van der Waals surface area contributed by atoms with Crippen molar-refractivity contribution < 1.29 is 13.2 Å². The van der Waals surface area contributed by atoms with Gasteiger partial charge in [0, 0.05) is 23.1 Å². The number of anilines is 1. The molecule has 1 aromatic carbocycles. The molecule has 0 saturated heterocycles. The van der Waals surface area contributed by atoms with Crippen molar-refractivity contribution in [3.8, 4) is 6.07 Å². The Balaban J connectivity index is 1.63. The number of aromatic nitrogens is 2. The van der Waals surface area contributed by atoms with Gasteiger partial charge in [-0.2, -0.15) is 10.4 Å². The number of amides is 1. The van der Waals surface area contributed by atoms with Crippen molar-refractivity contribution in [1.82, 2.24) is 14.5 Å². The van der Waals surface area contributed by atoms with Crippen molar-refractivity contribution in [2.45, 2.75) is 31.2 Å². The van der Waals surface area contributed by atoms with Crippen LogP contribution in [-0.4, -0.2) is 30.7 Å². The lowest BCUT2D eigenvalue weighted by Crippen LogP contribution is -2.26. The number of nitrogens with zero attached hydrogens (tertiary/aromatic N) is 3. The fourth-order valence-electron chi connectivity index (χ4n) is 2.79. The maximum absolute atomic E-state index is 12.5. The number of nitriles is 1. The summed E-state index contributed by atoms with van der Waals surface area (Å²) in [6.45, 7) is 2.47. The van der Waals surface area contributed by atoms with Crippen molar-refractivity contribution in [3.63, 3.8) is 0 Å². The summed E-state index contributed by atoms with van der Waals surface area (Å²) in [6.07, 6.45) is 0.895. The second-order valence-electron chi connectivity index (χ2n) is 6.51. The van der Waals surface area contributed by atoms with Gasteiger partial charge in [-0.1, -0.05) is 6.07 Å². The summed E-state index contributed by atoms with van der Waals surface area (Å²) >= 11 is 1.58. The van der Waals surface area contributed by atoms with Crippen LogP contribution in [-0.2, 0) is 23.0 Å². The standard InChI is InChI=1S/C20H21N5O3S2/c1-15-14-19(25(24-15)12-3-10-21)23-20(26)16-5-7-18(8-6-16)30(27,28)22-11-9-17-4-2-13-29-17/h2,4-8,13-14,22H,3,9,11-12H2,1H3,(H,23,26). The predicted molar refractivity (Wildman–Crippen MR) is 115 cm³/mol. The first kappa shape index (κ1) is 21.7. The largest absolute Gasteiger partial charge is 0.307 e. The van der Waals surface area contributed by atoms with E-state index in [1.54, 1.807) is 29.0 Å². The van der Waals surface area contributed by atoms with Gasteiger partial charge in [0.05, 0.1) is 29.6 Å². The molecule has 3 aromatic rings. The second-order valence-corrected chi connectivity index (χ2v) is 9.31. The molecule has 0 atom stereocenters. The molecule has 2 N–H and O–H groups in total. The number of nitrogens with one attached hydrogen (secondary N) is 2. The third kappa shape index (κ3) is 5.54. The Morgan fingerprint density at radius 1 is 1.27 bits per heavy atom. The van der Waals surface area contributed by atoms with Crippen molar-refractivity contribution >= 4 is 33.1 Å². The minimum atomic E-state index is -3.65. The molecule has 0 unspecified atom stereocenters. The molecular formula is C20H21N5O3S2. The Hall–Kier alpha value is -3.00. The molecule has 10 heteroatoms. The van der Waals surface area contributed by atoms with E-state index >= 15 is 0 Å². The van der Waals surface area contributed by atoms with Gasteiger partial charge in [0.1, 0.15) is 5.82 Å². The van der Waals surface area contributed by atoms with Crippen LogP contribution in [0.3, 0.4) is 0 Å². The Morgan fingerprint density at radius 3 is 2.70 bits per heavy atom. The highest BCUT2D eigenvalue weighted by atomic mass is 32.2. The summed E-state index contributed by atoms with van der Waals surface area (Å²) in [5.74, 6) is 0.0994. The van der Waals surface area contributed by atoms with Gasteiger partial charge < -0.3 is 5.32 Å². The van der Waals surface area contributed by atoms with Crippen LogP contribution in [0.4, 0.5) is 5.82 Å². The van der Waals surface area contributed by atoms with E-state index in [0.717, 1.165) is 10.6 Å². The van der Waals surface area contributed by atoms with Gasteiger partial charge in [-0.05, 0) is 49.1 Å². The molecule has 0 radical (unpaired) electrons. The lowest BCUT2D eigenvalue weighted by molar-refractivity contribution is 0.102. The average molecular weight is 444 g/mol. The Labute approximate surface area is 179 Å². The number of hydrogen-bond acceptors (Lipinski definition) is 6. The highest BCUT2D eigenvalue weighted by molar-refractivity contribution is 7.89. The van der Waals surface area contributed by atoms with E-state index in [0.29, 0.717) is 30.9 Å². The fourth-order valence-corrected chi connectivity index (χ4v) is 4.53. The van der Waals surface area contributed by atoms with E-state index in [2.05, 4.69) is 15.1 Å². The number of aryl methyl sites for hydroxylation is 2. The first-order valence-electron chi connectivity index (χ1n) is 9.24. The average Bonchev–Trinajstić information content (AvgIpc) is 3.36. The minimum absolute atomic E-state index is 0.0973. The summed E-state index contributed by atoms with van der Waals surface area (Å²) in [4.78, 5) is 13.7. The van der Waals surface area contributed by atoms with Crippen LogP contribution >= 0.6 is 11.3 Å². The Bertz CT molecular complexity index is 1140. The number of hydrogen-bond donors (Lipinski definition) is 2. The monoisotopic (exact) mass is 443 g/mol. The maximum atomic E-state index is 12.5. The lowest BCUT2D eigenvalue weighted by atomic mass is 10.2. The molecule has 0 aliphatic heterocycles. The summed E-state index contributed by atoms with van der Waals surface area (Å²) in [6, 6.07) is 13.4. The van der Waals surface area contributed by atoms with Crippen LogP contribution < -0.4 is 10.0 Å². The van der Waals surface area contributed by atoms with Gasteiger partial charge in [0.2, 0.25) is 10.0 Å². The van der Waals surface area contributed by atoms with Crippen LogP contribution in [0.2, 0.25) is 0 Å².